The zero-order chi connectivity index (χ0) is 24.5. The van der Waals surface area contributed by atoms with Crippen LogP contribution in [0, 0.1) is 13.8 Å². The summed E-state index contributed by atoms with van der Waals surface area (Å²) in [5, 5.41) is 13.5. The van der Waals surface area contributed by atoms with Crippen molar-refractivity contribution in [1.29, 1.82) is 0 Å². The van der Waals surface area contributed by atoms with E-state index in [0.29, 0.717) is 36.3 Å². The van der Waals surface area contributed by atoms with Gasteiger partial charge >= 0.3 is 0 Å². The van der Waals surface area contributed by atoms with Gasteiger partial charge in [0.2, 0.25) is 0 Å². The molecule has 5 heterocycles. The summed E-state index contributed by atoms with van der Waals surface area (Å²) in [6, 6.07) is 7.74. The van der Waals surface area contributed by atoms with Gasteiger partial charge in [-0.3, -0.25) is 19.1 Å². The molecule has 0 spiro atoms. The van der Waals surface area contributed by atoms with Gasteiger partial charge in [-0.2, -0.15) is 5.10 Å². The Labute approximate surface area is 203 Å². The largest absolute Gasteiger partial charge is 0.394 e. The van der Waals surface area contributed by atoms with Crippen LogP contribution in [-0.4, -0.2) is 86.0 Å². The molecule has 0 aromatic carbocycles. The highest BCUT2D eigenvalue weighted by Crippen LogP contribution is 2.22. The Morgan fingerprint density at radius 2 is 1.94 bits per heavy atom. The van der Waals surface area contributed by atoms with Crippen LogP contribution in [-0.2, 0) is 4.74 Å². The number of pyridine rings is 1. The summed E-state index contributed by atoms with van der Waals surface area (Å²) in [5.74, 6) is 0. The van der Waals surface area contributed by atoms with E-state index < -0.39 is 0 Å². The van der Waals surface area contributed by atoms with Crippen molar-refractivity contribution in [3.8, 4) is 11.4 Å². The van der Waals surface area contributed by atoms with E-state index in [-0.39, 0.29) is 12.2 Å². The summed E-state index contributed by atoms with van der Waals surface area (Å²) in [5.41, 5.74) is 5.33. The van der Waals surface area contributed by atoms with E-state index in [1.807, 2.05) is 44.4 Å². The number of aliphatic hydroxyl groups is 1. The number of aryl methyl sites for hydroxylation is 2. The highest BCUT2D eigenvalue weighted by atomic mass is 16.5. The molecule has 1 saturated heterocycles. The maximum Gasteiger partial charge on any atom is 0.258 e. The quantitative estimate of drug-likeness (QED) is 0.400. The van der Waals surface area contributed by atoms with Gasteiger partial charge < -0.3 is 14.7 Å². The standard InChI is InChI=1S/C25H31N7O3/c1-17-14-32-23(19(3)26-17)12-22(28-32)21-13-25(34)31-16-20(4-5-24(31)27-21)30-7-6-29(18(2)15-30)8-10-35-11-9-33/h4-5,12-14,16,18,33H,6-11,15H2,1-3H3/t18-/m1/s1. The molecular formula is C25H31N7O3. The van der Waals surface area contributed by atoms with Crippen LogP contribution in [0.4, 0.5) is 5.69 Å². The molecule has 35 heavy (non-hydrogen) atoms. The molecule has 4 aromatic heterocycles. The third kappa shape index (κ3) is 4.77. The van der Waals surface area contributed by atoms with Gasteiger partial charge in [0.05, 0.1) is 54.3 Å². The minimum Gasteiger partial charge on any atom is -0.394 e. The first-order valence-electron chi connectivity index (χ1n) is 12.0. The van der Waals surface area contributed by atoms with E-state index in [4.69, 9.17) is 14.8 Å². The van der Waals surface area contributed by atoms with Crippen LogP contribution in [0.2, 0.25) is 0 Å². The van der Waals surface area contributed by atoms with Gasteiger partial charge in [0.25, 0.3) is 5.56 Å². The molecule has 0 unspecified atom stereocenters. The van der Waals surface area contributed by atoms with Crippen LogP contribution >= 0.6 is 0 Å². The van der Waals surface area contributed by atoms with Crippen LogP contribution in [0.25, 0.3) is 22.6 Å². The van der Waals surface area contributed by atoms with Crippen molar-refractivity contribution in [1.82, 2.24) is 28.9 Å². The topological polar surface area (TPSA) is 101 Å². The van der Waals surface area contributed by atoms with Crippen LogP contribution in [0.15, 0.2) is 41.5 Å². The average molecular weight is 478 g/mol. The van der Waals surface area contributed by atoms with Crippen molar-refractivity contribution >= 4 is 16.9 Å². The van der Waals surface area contributed by atoms with Crippen LogP contribution < -0.4 is 10.5 Å². The first-order valence-corrected chi connectivity index (χ1v) is 12.0. The van der Waals surface area contributed by atoms with E-state index in [1.165, 1.54) is 0 Å². The Kier molecular flexibility index (Phi) is 6.50. The van der Waals surface area contributed by atoms with Crippen molar-refractivity contribution in [3.05, 3.63) is 58.4 Å². The molecule has 184 valence electrons. The molecule has 1 N–H and O–H groups in total. The zero-order valence-corrected chi connectivity index (χ0v) is 20.4. The van der Waals surface area contributed by atoms with Gasteiger partial charge in [-0.1, -0.05) is 0 Å². The van der Waals surface area contributed by atoms with E-state index in [1.54, 1.807) is 15.0 Å². The maximum absolute atomic E-state index is 13.0. The molecule has 10 nitrogen and oxygen atoms in total. The fourth-order valence-electron chi connectivity index (χ4n) is 4.74. The van der Waals surface area contributed by atoms with Gasteiger partial charge in [-0.25, -0.2) is 9.50 Å². The number of ether oxygens (including phenoxy) is 1. The fourth-order valence-corrected chi connectivity index (χ4v) is 4.74. The third-order valence-electron chi connectivity index (χ3n) is 6.55. The summed E-state index contributed by atoms with van der Waals surface area (Å²) in [6.45, 7) is 10.6. The SMILES string of the molecule is Cc1cn2nc(-c3cc(=O)n4cc(N5CCN(CCOCCO)[C@H](C)C5)ccc4n3)cc2c(C)n1. The Balaban J connectivity index is 1.36. The predicted molar refractivity (Wildman–Crippen MR) is 134 cm³/mol. The fraction of sp³-hybridized carbons (Fsp3) is 0.440. The number of hydrogen-bond acceptors (Lipinski definition) is 8. The number of nitrogens with zero attached hydrogens (tertiary/aromatic N) is 7. The van der Waals surface area contributed by atoms with E-state index in [2.05, 4.69) is 26.8 Å². The second-order valence-corrected chi connectivity index (χ2v) is 9.09. The first kappa shape index (κ1) is 23.4. The molecular weight excluding hydrogens is 446 g/mol. The lowest BCUT2D eigenvalue weighted by Crippen LogP contribution is -2.52. The molecule has 4 aromatic rings. The molecule has 0 amide bonds. The van der Waals surface area contributed by atoms with Crippen LogP contribution in [0.1, 0.15) is 18.3 Å². The second-order valence-electron chi connectivity index (χ2n) is 9.09. The van der Waals surface area contributed by atoms with Gasteiger partial charge in [-0.05, 0) is 39.0 Å². The number of anilines is 1. The number of fused-ring (bicyclic) bond motifs is 2. The number of rotatable bonds is 7. The van der Waals surface area contributed by atoms with E-state index in [0.717, 1.165) is 48.8 Å². The molecule has 1 fully saturated rings. The Bertz CT molecular complexity index is 1410. The summed E-state index contributed by atoms with van der Waals surface area (Å²) in [4.78, 5) is 27.0. The number of hydrogen-bond donors (Lipinski definition) is 1. The maximum atomic E-state index is 13.0. The Hall–Kier alpha value is -3.34. The lowest BCUT2D eigenvalue weighted by Gasteiger charge is -2.41. The van der Waals surface area contributed by atoms with E-state index >= 15 is 0 Å². The monoisotopic (exact) mass is 477 g/mol. The smallest absolute Gasteiger partial charge is 0.258 e. The summed E-state index contributed by atoms with van der Waals surface area (Å²) < 4.78 is 8.81. The second kappa shape index (κ2) is 9.73. The predicted octanol–water partition coefficient (Wildman–Crippen LogP) is 1.54. The highest BCUT2D eigenvalue weighted by molar-refractivity contribution is 5.66. The number of aliphatic hydroxyl groups excluding tert-OH is 1. The van der Waals surface area contributed by atoms with Crippen molar-refractivity contribution in [3.63, 3.8) is 0 Å². The van der Waals surface area contributed by atoms with E-state index in [9.17, 15) is 4.79 Å². The van der Waals surface area contributed by atoms with Gasteiger partial charge in [0.15, 0.2) is 0 Å². The normalized spacial score (nSPS) is 17.0. The van der Waals surface area contributed by atoms with Crippen molar-refractivity contribution in [2.45, 2.75) is 26.8 Å². The molecule has 0 saturated carbocycles. The number of piperazine rings is 1. The molecule has 0 bridgehead atoms. The van der Waals surface area contributed by atoms with Crippen molar-refractivity contribution < 1.29 is 9.84 Å². The Morgan fingerprint density at radius 1 is 1.09 bits per heavy atom. The van der Waals surface area contributed by atoms with Gasteiger partial charge in [-0.15, -0.1) is 0 Å². The molecule has 10 heteroatoms. The van der Waals surface area contributed by atoms with Crippen molar-refractivity contribution in [2.75, 3.05) is 50.9 Å². The van der Waals surface area contributed by atoms with Crippen LogP contribution in [0.5, 0.6) is 0 Å². The molecule has 0 aliphatic carbocycles. The molecule has 1 aliphatic rings. The minimum absolute atomic E-state index is 0.0524. The first-order chi connectivity index (χ1) is 16.9. The molecule has 0 radical (unpaired) electrons. The Morgan fingerprint density at radius 3 is 2.74 bits per heavy atom. The lowest BCUT2D eigenvalue weighted by molar-refractivity contribution is 0.0624. The molecule has 1 aliphatic heterocycles. The average Bonchev–Trinajstić information content (AvgIpc) is 3.27. The third-order valence-corrected chi connectivity index (χ3v) is 6.55. The minimum atomic E-state index is -0.136. The molecule has 1 atom stereocenters. The van der Waals surface area contributed by atoms with Gasteiger partial charge in [0, 0.05) is 44.5 Å². The zero-order valence-electron chi connectivity index (χ0n) is 20.4. The summed E-state index contributed by atoms with van der Waals surface area (Å²) in [6.07, 6.45) is 3.75. The highest BCUT2D eigenvalue weighted by Gasteiger charge is 2.24. The summed E-state index contributed by atoms with van der Waals surface area (Å²) in [7, 11) is 0. The van der Waals surface area contributed by atoms with Gasteiger partial charge in [0.1, 0.15) is 11.3 Å². The summed E-state index contributed by atoms with van der Waals surface area (Å²) >= 11 is 0. The van der Waals surface area contributed by atoms with Crippen molar-refractivity contribution in [2.24, 2.45) is 0 Å². The lowest BCUT2D eigenvalue weighted by atomic mass is 10.1. The number of aromatic nitrogens is 5. The molecule has 5 rings (SSSR count). The van der Waals surface area contributed by atoms with Crippen LogP contribution in [0.3, 0.4) is 0 Å².